The van der Waals surface area contributed by atoms with E-state index in [0.717, 1.165) is 11.3 Å². The van der Waals surface area contributed by atoms with E-state index in [4.69, 9.17) is 14.6 Å². The number of esters is 1. The molecule has 144 valence electrons. The molecule has 1 aromatic rings. The Bertz CT molecular complexity index is 747. The maximum absolute atomic E-state index is 12.9. The van der Waals surface area contributed by atoms with Crippen LogP contribution < -0.4 is 5.01 Å². The zero-order valence-electron chi connectivity index (χ0n) is 16.0. The third-order valence-corrected chi connectivity index (χ3v) is 4.65. The Morgan fingerprint density at radius 3 is 2.74 bits per heavy atom. The van der Waals surface area contributed by atoms with Gasteiger partial charge in [-0.25, -0.2) is 0 Å². The minimum absolute atomic E-state index is 0.303. The van der Waals surface area contributed by atoms with Crippen LogP contribution in [0.25, 0.3) is 0 Å². The van der Waals surface area contributed by atoms with Crippen molar-refractivity contribution in [3.63, 3.8) is 0 Å². The van der Waals surface area contributed by atoms with Crippen LogP contribution in [0, 0.1) is 5.92 Å². The standard InChI is InChI=1S/C20H26N4O3/c1-5-12-27-19-17(20(25)26-6-2)18-15(13-22(3)23(19)4)14-24(21-18)16-10-8-7-9-11-16/h5,7-11,13,17,19H,1,6,12,14H2,2-4H3/t17-,19+/m0/s1. The van der Waals surface area contributed by atoms with E-state index >= 15 is 0 Å². The fourth-order valence-electron chi connectivity index (χ4n) is 3.27. The van der Waals surface area contributed by atoms with Crippen molar-refractivity contribution in [3.05, 3.63) is 54.8 Å². The fraction of sp³-hybridized carbons (Fsp3) is 0.400. The maximum atomic E-state index is 12.9. The van der Waals surface area contributed by atoms with E-state index in [1.54, 1.807) is 13.0 Å². The third-order valence-electron chi connectivity index (χ3n) is 4.65. The second-order valence-electron chi connectivity index (χ2n) is 6.42. The summed E-state index contributed by atoms with van der Waals surface area (Å²) >= 11 is 0. The number of fused-ring (bicyclic) bond motifs is 1. The Morgan fingerprint density at radius 1 is 1.33 bits per heavy atom. The van der Waals surface area contributed by atoms with Gasteiger partial charge in [0.25, 0.3) is 0 Å². The van der Waals surface area contributed by atoms with Gasteiger partial charge in [-0.1, -0.05) is 24.3 Å². The number of nitrogens with zero attached hydrogens (tertiary/aromatic N) is 4. The number of hydrazone groups is 1. The molecule has 2 atom stereocenters. The van der Waals surface area contributed by atoms with Crippen molar-refractivity contribution < 1.29 is 14.3 Å². The van der Waals surface area contributed by atoms with Crippen molar-refractivity contribution in [3.8, 4) is 0 Å². The summed E-state index contributed by atoms with van der Waals surface area (Å²) in [4.78, 5) is 12.9. The number of para-hydroxylation sites is 1. The number of carbonyl (C=O) groups excluding carboxylic acids is 1. The highest BCUT2D eigenvalue weighted by atomic mass is 16.5. The van der Waals surface area contributed by atoms with Gasteiger partial charge in [0.05, 0.1) is 31.2 Å². The van der Waals surface area contributed by atoms with Crippen molar-refractivity contribution in [2.24, 2.45) is 11.0 Å². The molecule has 27 heavy (non-hydrogen) atoms. The van der Waals surface area contributed by atoms with Crippen molar-refractivity contribution in [2.75, 3.05) is 38.9 Å². The largest absolute Gasteiger partial charge is 0.465 e. The molecule has 0 N–H and O–H groups in total. The molecule has 7 heteroatoms. The highest BCUT2D eigenvalue weighted by molar-refractivity contribution is 6.14. The first-order valence-electron chi connectivity index (χ1n) is 9.03. The summed E-state index contributed by atoms with van der Waals surface area (Å²) in [7, 11) is 3.81. The average Bonchev–Trinajstić information content (AvgIpc) is 3.04. The number of carbonyl (C=O) groups is 1. The maximum Gasteiger partial charge on any atom is 0.319 e. The number of hydrogen-bond donors (Lipinski definition) is 0. The van der Waals surface area contributed by atoms with E-state index in [9.17, 15) is 4.79 Å². The Morgan fingerprint density at radius 2 is 2.07 bits per heavy atom. The third kappa shape index (κ3) is 3.89. The summed E-state index contributed by atoms with van der Waals surface area (Å²) in [5.41, 5.74) is 2.62. The molecule has 0 saturated carbocycles. The molecule has 0 bridgehead atoms. The molecular formula is C20H26N4O3. The number of benzene rings is 1. The topological polar surface area (TPSA) is 57.6 Å². The summed E-state index contributed by atoms with van der Waals surface area (Å²) in [6.07, 6.45) is 3.11. The van der Waals surface area contributed by atoms with Gasteiger partial charge >= 0.3 is 5.97 Å². The molecule has 1 aromatic carbocycles. The lowest BCUT2D eigenvalue weighted by molar-refractivity contribution is -0.167. The van der Waals surface area contributed by atoms with Gasteiger partial charge < -0.3 is 14.5 Å². The molecule has 2 aliphatic rings. The molecule has 0 saturated heterocycles. The van der Waals surface area contributed by atoms with Crippen LogP contribution in [0.4, 0.5) is 5.69 Å². The zero-order valence-corrected chi connectivity index (χ0v) is 16.0. The van der Waals surface area contributed by atoms with Crippen molar-refractivity contribution in [1.29, 1.82) is 0 Å². The molecule has 0 aliphatic carbocycles. The van der Waals surface area contributed by atoms with Gasteiger partial charge in [-0.2, -0.15) is 10.1 Å². The molecule has 0 amide bonds. The lowest BCUT2D eigenvalue weighted by Crippen LogP contribution is -2.50. The molecular weight excluding hydrogens is 344 g/mol. The molecule has 0 aromatic heterocycles. The van der Waals surface area contributed by atoms with Crippen LogP contribution in [0.1, 0.15) is 6.92 Å². The van der Waals surface area contributed by atoms with Crippen molar-refractivity contribution >= 4 is 17.4 Å². The highest BCUT2D eigenvalue weighted by Gasteiger charge is 2.44. The van der Waals surface area contributed by atoms with Gasteiger partial charge in [-0.05, 0) is 19.1 Å². The van der Waals surface area contributed by atoms with E-state index in [0.29, 0.717) is 25.5 Å². The summed E-state index contributed by atoms with van der Waals surface area (Å²) in [6, 6.07) is 9.90. The van der Waals surface area contributed by atoms with Crippen LogP contribution >= 0.6 is 0 Å². The quantitative estimate of drug-likeness (QED) is 0.565. The molecule has 2 aliphatic heterocycles. The lowest BCUT2D eigenvalue weighted by atomic mass is 9.96. The van der Waals surface area contributed by atoms with E-state index in [-0.39, 0.29) is 5.97 Å². The number of hydrazine groups is 1. The summed E-state index contributed by atoms with van der Waals surface area (Å²) in [5.74, 6) is -0.993. The van der Waals surface area contributed by atoms with Crippen LogP contribution in [0.2, 0.25) is 0 Å². The molecule has 0 radical (unpaired) electrons. The normalized spacial score (nSPS) is 22.6. The molecule has 0 unspecified atom stereocenters. The predicted molar refractivity (Wildman–Crippen MR) is 105 cm³/mol. The van der Waals surface area contributed by atoms with Gasteiger partial charge in [0.2, 0.25) is 0 Å². The Balaban J connectivity index is 2.02. The lowest BCUT2D eigenvalue weighted by Gasteiger charge is -2.35. The molecule has 7 nitrogen and oxygen atoms in total. The van der Waals surface area contributed by atoms with Gasteiger partial charge in [0.15, 0.2) is 0 Å². The first kappa shape index (κ1) is 19.1. The van der Waals surface area contributed by atoms with Gasteiger partial charge in [-0.15, -0.1) is 6.58 Å². The minimum atomic E-state index is -0.653. The summed E-state index contributed by atoms with van der Waals surface area (Å²) < 4.78 is 11.3. The smallest absolute Gasteiger partial charge is 0.319 e. The molecule has 3 rings (SSSR count). The number of hydrogen-bond acceptors (Lipinski definition) is 7. The fourth-order valence-corrected chi connectivity index (χ4v) is 3.27. The highest BCUT2D eigenvalue weighted by Crippen LogP contribution is 2.31. The van der Waals surface area contributed by atoms with Gasteiger partial charge in [0.1, 0.15) is 12.1 Å². The Kier molecular flexibility index (Phi) is 5.93. The number of anilines is 1. The van der Waals surface area contributed by atoms with Crippen LogP contribution in [0.5, 0.6) is 0 Å². The Hall–Kier alpha value is -2.64. The average molecular weight is 370 g/mol. The van der Waals surface area contributed by atoms with Crippen molar-refractivity contribution in [2.45, 2.75) is 13.2 Å². The van der Waals surface area contributed by atoms with E-state index in [2.05, 4.69) is 6.58 Å². The first-order chi connectivity index (χ1) is 13.1. The number of rotatable bonds is 6. The van der Waals surface area contributed by atoms with E-state index in [1.807, 2.05) is 65.7 Å². The minimum Gasteiger partial charge on any atom is -0.465 e. The first-order valence-corrected chi connectivity index (χ1v) is 9.03. The second kappa shape index (κ2) is 8.37. The zero-order chi connectivity index (χ0) is 19.4. The van der Waals surface area contributed by atoms with Crippen molar-refractivity contribution in [1.82, 2.24) is 10.0 Å². The number of ether oxygens (including phenoxy) is 2. The molecule has 0 fully saturated rings. The van der Waals surface area contributed by atoms with Crippen LogP contribution in [-0.2, 0) is 14.3 Å². The Labute approximate surface area is 160 Å². The predicted octanol–water partition coefficient (Wildman–Crippen LogP) is 2.25. The van der Waals surface area contributed by atoms with Crippen LogP contribution in [0.15, 0.2) is 59.9 Å². The second-order valence-corrected chi connectivity index (χ2v) is 6.42. The monoisotopic (exact) mass is 370 g/mol. The van der Waals surface area contributed by atoms with Gasteiger partial charge in [0, 0.05) is 25.9 Å². The molecule has 2 heterocycles. The van der Waals surface area contributed by atoms with E-state index in [1.165, 1.54) is 0 Å². The van der Waals surface area contributed by atoms with Gasteiger partial charge in [-0.3, -0.25) is 9.80 Å². The van der Waals surface area contributed by atoms with Crippen LogP contribution in [-0.4, -0.2) is 61.8 Å². The molecule has 0 spiro atoms. The van der Waals surface area contributed by atoms with Crippen LogP contribution in [0.3, 0.4) is 0 Å². The summed E-state index contributed by atoms with van der Waals surface area (Å²) in [6.45, 7) is 6.72. The summed E-state index contributed by atoms with van der Waals surface area (Å²) in [5, 5.41) is 10.5. The van der Waals surface area contributed by atoms with E-state index < -0.39 is 12.1 Å². The SMILES string of the molecule is C=CCO[C@@H]1[C@@H](C(=O)OCC)C2=NN(c3ccccc3)CC2=CN(C)N1C.